The molecular weight excluding hydrogens is 522 g/mol. The molecule has 1 saturated heterocycles. The van der Waals surface area contributed by atoms with Gasteiger partial charge in [-0.1, -0.05) is 82.0 Å². The smallest absolute Gasteiger partial charge is 0.253 e. The summed E-state index contributed by atoms with van der Waals surface area (Å²) in [5.41, 5.74) is 2.68. The number of hydrogen-bond acceptors (Lipinski definition) is 4. The van der Waals surface area contributed by atoms with Gasteiger partial charge in [0.15, 0.2) is 0 Å². The lowest BCUT2D eigenvalue weighted by atomic mass is 9.75. The zero-order chi connectivity index (χ0) is 29.9. The van der Waals surface area contributed by atoms with Gasteiger partial charge in [0, 0.05) is 49.1 Å². The number of aryl methyl sites for hydroxylation is 1. The molecule has 3 aromatic rings. The number of aromatic nitrogens is 1. The van der Waals surface area contributed by atoms with Gasteiger partial charge in [-0.25, -0.2) is 0 Å². The predicted octanol–water partition coefficient (Wildman–Crippen LogP) is 6.40. The number of rotatable bonds is 8. The molecule has 1 atom stereocenters. The molecule has 1 aliphatic heterocycles. The number of H-pyrrole nitrogens is 1. The van der Waals surface area contributed by atoms with Crippen LogP contribution >= 0.6 is 0 Å². The van der Waals surface area contributed by atoms with E-state index in [1.807, 2.05) is 48.2 Å². The number of likely N-dealkylation sites (tertiary alicyclic amines) is 1. The number of aliphatic hydroxyl groups is 1. The van der Waals surface area contributed by atoms with Crippen molar-refractivity contribution < 1.29 is 9.90 Å². The van der Waals surface area contributed by atoms with Crippen LogP contribution < -0.4 is 5.56 Å². The lowest BCUT2D eigenvalue weighted by Crippen LogP contribution is -2.52. The highest BCUT2D eigenvalue weighted by atomic mass is 16.3. The van der Waals surface area contributed by atoms with Gasteiger partial charge in [0.2, 0.25) is 5.91 Å². The number of nitrogens with one attached hydrogen (secondary N) is 1. The molecule has 6 nitrogen and oxygen atoms in total. The Morgan fingerprint density at radius 3 is 2.40 bits per heavy atom. The molecule has 0 spiro atoms. The first kappa shape index (κ1) is 30.5. The monoisotopic (exact) mass is 571 g/mol. The summed E-state index contributed by atoms with van der Waals surface area (Å²) < 4.78 is 0. The Balaban J connectivity index is 1.47. The Kier molecular flexibility index (Phi) is 9.24. The molecule has 2 N–H and O–H groups in total. The lowest BCUT2D eigenvalue weighted by molar-refractivity contribution is -0.139. The van der Waals surface area contributed by atoms with Crippen molar-refractivity contribution in [1.29, 1.82) is 0 Å². The number of piperidine rings is 1. The summed E-state index contributed by atoms with van der Waals surface area (Å²) >= 11 is 0. The van der Waals surface area contributed by atoms with Gasteiger partial charge < -0.3 is 19.9 Å². The van der Waals surface area contributed by atoms with E-state index in [1.165, 1.54) is 6.42 Å². The van der Waals surface area contributed by atoms with E-state index in [0.29, 0.717) is 24.9 Å². The Labute approximate surface area is 251 Å². The average Bonchev–Trinajstić information content (AvgIpc) is 2.97. The van der Waals surface area contributed by atoms with Crippen molar-refractivity contribution in [3.05, 3.63) is 81.6 Å². The molecule has 42 heavy (non-hydrogen) atoms. The molecule has 5 rings (SSSR count). The standard InChI is InChI=1S/C36H49N3O3/c1-26-15-16-32-29(21-26)22-30(33(40)37-32)23-39(34(41)28-13-9-6-10-14-28)24-31(27-11-7-5-8-12-27)36(42)17-19-38(20-18-36)25-35(2,3)4/h5,7-8,11-12,15-16,21-22,28,31,42H,6,9-10,13-14,17-20,23-25H2,1-4H3,(H,37,40). The molecule has 1 aromatic heterocycles. The first-order chi connectivity index (χ1) is 20.0. The molecule has 1 aliphatic carbocycles. The zero-order valence-electron chi connectivity index (χ0n) is 26.0. The summed E-state index contributed by atoms with van der Waals surface area (Å²) in [4.78, 5) is 34.9. The minimum Gasteiger partial charge on any atom is -0.389 e. The van der Waals surface area contributed by atoms with Crippen LogP contribution in [0.25, 0.3) is 10.9 Å². The fourth-order valence-electron chi connectivity index (χ4n) is 7.14. The number of carbonyl (C=O) groups excluding carboxylic acids is 1. The van der Waals surface area contributed by atoms with E-state index in [-0.39, 0.29) is 35.3 Å². The number of nitrogens with zero attached hydrogens (tertiary/aromatic N) is 2. The summed E-state index contributed by atoms with van der Waals surface area (Å²) in [5, 5.41) is 13.3. The van der Waals surface area contributed by atoms with Crippen molar-refractivity contribution in [1.82, 2.24) is 14.8 Å². The first-order valence-electron chi connectivity index (χ1n) is 15.9. The minimum absolute atomic E-state index is 0.0276. The molecule has 2 aliphatic rings. The molecule has 2 aromatic carbocycles. The number of amides is 1. The maximum Gasteiger partial charge on any atom is 0.253 e. The van der Waals surface area contributed by atoms with Gasteiger partial charge >= 0.3 is 0 Å². The Bertz CT molecular complexity index is 1410. The molecule has 1 unspecified atom stereocenters. The van der Waals surface area contributed by atoms with Crippen LogP contribution in [0.2, 0.25) is 0 Å². The van der Waals surface area contributed by atoms with Crippen LogP contribution in [0.1, 0.15) is 88.3 Å². The van der Waals surface area contributed by atoms with Crippen LogP contribution in [0.5, 0.6) is 0 Å². The van der Waals surface area contributed by atoms with Crippen molar-refractivity contribution >= 4 is 16.8 Å². The summed E-state index contributed by atoms with van der Waals surface area (Å²) in [6.45, 7) is 12.1. The summed E-state index contributed by atoms with van der Waals surface area (Å²) in [7, 11) is 0. The van der Waals surface area contributed by atoms with Gasteiger partial charge in [0.1, 0.15) is 0 Å². The summed E-state index contributed by atoms with van der Waals surface area (Å²) in [5.74, 6) is -0.154. The summed E-state index contributed by atoms with van der Waals surface area (Å²) in [6.07, 6.45) is 6.40. The molecule has 1 saturated carbocycles. The Morgan fingerprint density at radius 1 is 1.05 bits per heavy atom. The molecule has 2 heterocycles. The van der Waals surface area contributed by atoms with Gasteiger partial charge in [-0.2, -0.15) is 0 Å². The molecule has 1 amide bonds. The van der Waals surface area contributed by atoms with Crippen LogP contribution in [-0.2, 0) is 11.3 Å². The number of aromatic amines is 1. The van der Waals surface area contributed by atoms with Crippen LogP contribution in [0.15, 0.2) is 59.4 Å². The van der Waals surface area contributed by atoms with E-state index >= 15 is 0 Å². The third-order valence-corrected chi connectivity index (χ3v) is 9.38. The maximum atomic E-state index is 14.2. The van der Waals surface area contributed by atoms with E-state index in [9.17, 15) is 14.7 Å². The summed E-state index contributed by atoms with van der Waals surface area (Å²) in [6, 6.07) is 18.1. The van der Waals surface area contributed by atoms with Crippen molar-refractivity contribution in [2.24, 2.45) is 11.3 Å². The highest BCUT2D eigenvalue weighted by Gasteiger charge is 2.43. The second kappa shape index (κ2) is 12.7. The van der Waals surface area contributed by atoms with Crippen LogP contribution in [0, 0.1) is 18.3 Å². The molecule has 0 radical (unpaired) electrons. The van der Waals surface area contributed by atoms with Crippen LogP contribution in [0.4, 0.5) is 0 Å². The van der Waals surface area contributed by atoms with Crippen LogP contribution in [0.3, 0.4) is 0 Å². The molecule has 226 valence electrons. The van der Waals surface area contributed by atoms with Gasteiger partial charge in [-0.3, -0.25) is 9.59 Å². The fraction of sp³-hybridized carbons (Fsp3) is 0.556. The highest BCUT2D eigenvalue weighted by Crippen LogP contribution is 2.39. The molecule has 0 bridgehead atoms. The number of fused-ring (bicyclic) bond motifs is 1. The van der Waals surface area contributed by atoms with Crippen molar-refractivity contribution in [2.75, 3.05) is 26.2 Å². The second-order valence-corrected chi connectivity index (χ2v) is 14.2. The highest BCUT2D eigenvalue weighted by molar-refractivity contribution is 5.81. The lowest BCUT2D eigenvalue weighted by Gasteiger charge is -2.46. The zero-order valence-corrected chi connectivity index (χ0v) is 26.0. The average molecular weight is 572 g/mol. The van der Waals surface area contributed by atoms with Crippen molar-refractivity contribution in [3.8, 4) is 0 Å². The van der Waals surface area contributed by atoms with Gasteiger partial charge in [-0.05, 0) is 67.2 Å². The van der Waals surface area contributed by atoms with Gasteiger partial charge in [0.25, 0.3) is 5.56 Å². The van der Waals surface area contributed by atoms with Gasteiger partial charge in [-0.15, -0.1) is 0 Å². The molecule has 2 fully saturated rings. The third kappa shape index (κ3) is 7.33. The van der Waals surface area contributed by atoms with E-state index < -0.39 is 5.60 Å². The SMILES string of the molecule is Cc1ccc2[nH]c(=O)c(CN(CC(c3ccccc3)C3(O)CCN(CC(C)(C)C)CC3)C(=O)C3CCCCC3)cc2c1. The first-order valence-corrected chi connectivity index (χ1v) is 15.9. The Morgan fingerprint density at radius 2 is 1.74 bits per heavy atom. The van der Waals surface area contributed by atoms with E-state index in [2.05, 4.69) is 48.9 Å². The van der Waals surface area contributed by atoms with E-state index in [1.54, 1.807) is 0 Å². The topological polar surface area (TPSA) is 76.6 Å². The van der Waals surface area contributed by atoms with E-state index in [0.717, 1.165) is 67.3 Å². The number of pyridine rings is 1. The van der Waals surface area contributed by atoms with Gasteiger partial charge in [0.05, 0.1) is 12.1 Å². The van der Waals surface area contributed by atoms with Crippen molar-refractivity contribution in [3.63, 3.8) is 0 Å². The van der Waals surface area contributed by atoms with Crippen LogP contribution in [-0.4, -0.2) is 57.6 Å². The van der Waals surface area contributed by atoms with E-state index in [4.69, 9.17) is 0 Å². The predicted molar refractivity (Wildman–Crippen MR) is 171 cm³/mol. The normalized spacial score (nSPS) is 19.1. The molecule has 6 heteroatoms. The quantitative estimate of drug-likeness (QED) is 0.328. The third-order valence-electron chi connectivity index (χ3n) is 9.38. The number of carbonyl (C=O) groups is 1. The Hall–Kier alpha value is -2.96. The van der Waals surface area contributed by atoms with Crippen molar-refractivity contribution in [2.45, 2.75) is 90.7 Å². The molecular formula is C36H49N3O3. The second-order valence-electron chi connectivity index (χ2n) is 14.2. The largest absolute Gasteiger partial charge is 0.389 e. The number of hydrogen-bond donors (Lipinski definition) is 2. The number of benzene rings is 2. The minimum atomic E-state index is -0.937. The fourth-order valence-corrected chi connectivity index (χ4v) is 7.14. The maximum absolute atomic E-state index is 14.2.